The van der Waals surface area contributed by atoms with Gasteiger partial charge in [0.25, 0.3) is 0 Å². The summed E-state index contributed by atoms with van der Waals surface area (Å²) in [4.78, 5) is 29.9. The van der Waals surface area contributed by atoms with E-state index in [4.69, 9.17) is 0 Å². The van der Waals surface area contributed by atoms with Gasteiger partial charge in [-0.3, -0.25) is 9.69 Å². The Bertz CT molecular complexity index is 963. The summed E-state index contributed by atoms with van der Waals surface area (Å²) in [7, 11) is 2.09. The van der Waals surface area contributed by atoms with E-state index < -0.39 is 0 Å². The van der Waals surface area contributed by atoms with Gasteiger partial charge >= 0.3 is 6.03 Å². The fraction of sp³-hybridized carbons (Fsp3) is 0.417. The van der Waals surface area contributed by atoms with Crippen molar-refractivity contribution in [2.75, 3.05) is 50.0 Å². The van der Waals surface area contributed by atoms with Crippen molar-refractivity contribution in [2.45, 2.75) is 25.7 Å². The molecule has 1 N–H and O–H groups in total. The Morgan fingerprint density at radius 2 is 1.97 bits per heavy atom. The first-order valence-corrected chi connectivity index (χ1v) is 10.8. The molecule has 1 saturated heterocycles. The lowest BCUT2D eigenvalue weighted by atomic mass is 10.00. The summed E-state index contributed by atoms with van der Waals surface area (Å²) in [6, 6.07) is 12.2. The van der Waals surface area contributed by atoms with Crippen LogP contribution in [0.4, 0.5) is 20.6 Å². The number of aryl methyl sites for hydroxylation is 1. The summed E-state index contributed by atoms with van der Waals surface area (Å²) in [5.74, 6) is 0.0711. The fourth-order valence-electron chi connectivity index (χ4n) is 4.57. The summed E-state index contributed by atoms with van der Waals surface area (Å²) in [6.45, 7) is 5.20. The number of rotatable bonds is 7. The number of amides is 3. The molecule has 0 saturated carbocycles. The van der Waals surface area contributed by atoms with E-state index >= 15 is 0 Å². The maximum atomic E-state index is 13.2. The number of nitrogens with one attached hydrogen (secondary N) is 1. The normalized spacial score (nSPS) is 18.1. The molecule has 2 aromatic rings. The van der Waals surface area contributed by atoms with E-state index in [-0.39, 0.29) is 17.8 Å². The molecule has 1 unspecified atom stereocenters. The maximum absolute atomic E-state index is 13.2. The van der Waals surface area contributed by atoms with Gasteiger partial charge in [-0.05, 0) is 73.3 Å². The van der Waals surface area contributed by atoms with Crippen LogP contribution in [0.2, 0.25) is 0 Å². The Balaban J connectivity index is 1.31. The number of hydrogen-bond acceptors (Lipinski definition) is 3. The predicted molar refractivity (Wildman–Crippen MR) is 120 cm³/mol. The molecule has 7 heteroatoms. The molecule has 2 aromatic carbocycles. The van der Waals surface area contributed by atoms with Crippen molar-refractivity contribution >= 4 is 23.3 Å². The number of likely N-dealkylation sites (N-methyl/N-ethyl adjacent to an activating group) is 1. The second-order valence-electron chi connectivity index (χ2n) is 8.49. The number of urea groups is 1. The van der Waals surface area contributed by atoms with E-state index in [2.05, 4.69) is 29.4 Å². The van der Waals surface area contributed by atoms with Crippen LogP contribution in [0, 0.1) is 5.82 Å². The fourth-order valence-corrected chi connectivity index (χ4v) is 4.57. The molecule has 3 amide bonds. The minimum atomic E-state index is -0.299. The zero-order chi connectivity index (χ0) is 22.0. The monoisotopic (exact) mass is 424 g/mol. The maximum Gasteiger partial charge on any atom is 0.324 e. The Labute approximate surface area is 182 Å². The zero-order valence-electron chi connectivity index (χ0n) is 18.1. The smallest absolute Gasteiger partial charge is 0.324 e. The third-order valence-corrected chi connectivity index (χ3v) is 6.19. The van der Waals surface area contributed by atoms with Crippen molar-refractivity contribution in [3.63, 3.8) is 0 Å². The van der Waals surface area contributed by atoms with Gasteiger partial charge in [-0.2, -0.15) is 0 Å². The Hall–Kier alpha value is -2.93. The van der Waals surface area contributed by atoms with Gasteiger partial charge in [0.05, 0.1) is 0 Å². The third kappa shape index (κ3) is 4.88. The number of nitrogens with zero attached hydrogens (tertiary/aromatic N) is 3. The molecule has 1 aliphatic heterocycles. The molecule has 0 aromatic heterocycles. The molecule has 0 radical (unpaired) electrons. The summed E-state index contributed by atoms with van der Waals surface area (Å²) in [5.41, 5.74) is 4.26. The van der Waals surface area contributed by atoms with Gasteiger partial charge in [0, 0.05) is 51.0 Å². The summed E-state index contributed by atoms with van der Waals surface area (Å²) in [6.07, 6.45) is 2.16. The predicted octanol–water partition coefficient (Wildman–Crippen LogP) is 3.69. The number of benzene rings is 2. The average molecular weight is 425 g/mol. The van der Waals surface area contributed by atoms with E-state index in [9.17, 15) is 14.0 Å². The highest BCUT2D eigenvalue weighted by Gasteiger charge is 2.30. The molecule has 4 rings (SSSR count). The van der Waals surface area contributed by atoms with Gasteiger partial charge in [-0.25, -0.2) is 9.18 Å². The highest BCUT2D eigenvalue weighted by Crippen LogP contribution is 2.35. The number of halogens is 1. The van der Waals surface area contributed by atoms with Crippen molar-refractivity contribution in [3.8, 4) is 0 Å². The first-order valence-electron chi connectivity index (χ1n) is 10.8. The number of anilines is 2. The molecule has 1 aliphatic carbocycles. The van der Waals surface area contributed by atoms with Crippen LogP contribution in [0.15, 0.2) is 42.5 Å². The molecule has 2 aliphatic rings. The van der Waals surface area contributed by atoms with Crippen molar-refractivity contribution in [1.29, 1.82) is 0 Å². The van der Waals surface area contributed by atoms with E-state index in [0.29, 0.717) is 25.6 Å². The van der Waals surface area contributed by atoms with E-state index in [1.165, 1.54) is 30.2 Å². The molecule has 31 heavy (non-hydrogen) atoms. The second-order valence-corrected chi connectivity index (χ2v) is 8.49. The second kappa shape index (κ2) is 9.06. The standard InChI is InChI=1S/C24H29FN4O2/c1-17(30)26-21-8-5-18-3-4-19(23(18)15-21)16-27(2)11-12-28-13-14-29(24(28)31)22-9-6-20(25)7-10-22/h5-10,15,19H,3-4,11-14,16H2,1-2H3,(H,26,30). The van der Waals surface area contributed by atoms with Crippen LogP contribution >= 0.6 is 0 Å². The van der Waals surface area contributed by atoms with E-state index in [0.717, 1.165) is 37.3 Å². The van der Waals surface area contributed by atoms with Gasteiger partial charge in [-0.15, -0.1) is 0 Å². The molecule has 0 spiro atoms. The minimum absolute atomic E-state index is 0.0221. The molecule has 1 fully saturated rings. The minimum Gasteiger partial charge on any atom is -0.326 e. The van der Waals surface area contributed by atoms with Crippen molar-refractivity contribution < 1.29 is 14.0 Å². The molecule has 6 nitrogen and oxygen atoms in total. The van der Waals surface area contributed by atoms with E-state index in [1.807, 2.05) is 11.0 Å². The topological polar surface area (TPSA) is 55.9 Å². The SMILES string of the molecule is CC(=O)Nc1ccc2c(c1)C(CN(C)CCN1CCN(c3ccc(F)cc3)C1=O)CC2. The quantitative estimate of drug-likeness (QED) is 0.738. The van der Waals surface area contributed by atoms with Gasteiger partial charge in [0.2, 0.25) is 5.91 Å². The molecule has 0 bridgehead atoms. The van der Waals surface area contributed by atoms with Gasteiger partial charge < -0.3 is 15.1 Å². The first kappa shape index (κ1) is 21.3. The van der Waals surface area contributed by atoms with Crippen LogP contribution in [0.25, 0.3) is 0 Å². The molecule has 1 atom stereocenters. The lowest BCUT2D eigenvalue weighted by Gasteiger charge is -2.25. The Morgan fingerprint density at radius 3 is 2.71 bits per heavy atom. The summed E-state index contributed by atoms with van der Waals surface area (Å²) >= 11 is 0. The number of carbonyl (C=O) groups is 2. The molecule has 1 heterocycles. The van der Waals surface area contributed by atoms with Crippen molar-refractivity contribution in [2.24, 2.45) is 0 Å². The van der Waals surface area contributed by atoms with Gasteiger partial charge in [0.1, 0.15) is 5.82 Å². The van der Waals surface area contributed by atoms with E-state index in [1.54, 1.807) is 17.0 Å². The van der Waals surface area contributed by atoms with Crippen LogP contribution in [0.5, 0.6) is 0 Å². The Kier molecular flexibility index (Phi) is 6.23. The molecular weight excluding hydrogens is 395 g/mol. The number of fused-ring (bicyclic) bond motifs is 1. The van der Waals surface area contributed by atoms with Crippen molar-refractivity contribution in [3.05, 3.63) is 59.4 Å². The molecule has 164 valence electrons. The number of carbonyl (C=O) groups excluding carboxylic acids is 2. The zero-order valence-corrected chi connectivity index (χ0v) is 18.1. The van der Waals surface area contributed by atoms with Crippen LogP contribution in [0.3, 0.4) is 0 Å². The average Bonchev–Trinajstić information content (AvgIpc) is 3.30. The van der Waals surface area contributed by atoms with Gasteiger partial charge in [-0.1, -0.05) is 6.07 Å². The Morgan fingerprint density at radius 1 is 1.19 bits per heavy atom. The summed E-state index contributed by atoms with van der Waals surface area (Å²) < 4.78 is 13.2. The summed E-state index contributed by atoms with van der Waals surface area (Å²) in [5, 5.41) is 2.87. The van der Waals surface area contributed by atoms with Crippen LogP contribution in [0.1, 0.15) is 30.4 Å². The first-order chi connectivity index (χ1) is 14.9. The highest BCUT2D eigenvalue weighted by molar-refractivity contribution is 5.94. The number of hydrogen-bond donors (Lipinski definition) is 1. The molecular formula is C24H29FN4O2. The van der Waals surface area contributed by atoms with Crippen LogP contribution < -0.4 is 10.2 Å². The van der Waals surface area contributed by atoms with Crippen LogP contribution in [-0.4, -0.2) is 61.5 Å². The van der Waals surface area contributed by atoms with Gasteiger partial charge in [0.15, 0.2) is 0 Å². The lowest BCUT2D eigenvalue weighted by Crippen LogP contribution is -2.38. The third-order valence-electron chi connectivity index (χ3n) is 6.19. The highest BCUT2D eigenvalue weighted by atomic mass is 19.1. The largest absolute Gasteiger partial charge is 0.326 e. The van der Waals surface area contributed by atoms with Crippen molar-refractivity contribution in [1.82, 2.24) is 9.80 Å². The van der Waals surface area contributed by atoms with Crippen LogP contribution in [-0.2, 0) is 11.2 Å². The lowest BCUT2D eigenvalue weighted by molar-refractivity contribution is -0.114.